The Balaban J connectivity index is 0.000000128. The molecule has 9 nitrogen and oxygen atoms in total. The number of rotatable bonds is 20. The van der Waals surface area contributed by atoms with Crippen molar-refractivity contribution in [1.82, 2.24) is 38.2 Å². The molecular weight excluding hydrogens is 1950 g/mol. The molecule has 0 saturated carbocycles. The zero-order chi connectivity index (χ0) is 97.7. The van der Waals surface area contributed by atoms with Gasteiger partial charge in [0.1, 0.15) is 40.7 Å². The fourth-order valence-electron chi connectivity index (χ4n) is 18.8. The summed E-state index contributed by atoms with van der Waals surface area (Å²) in [7, 11) is 0. The van der Waals surface area contributed by atoms with Gasteiger partial charge < -0.3 is 0 Å². The number of hydrogen-bond acceptors (Lipinski definition) is 8. The molecule has 0 saturated heterocycles. The number of hydrogen-bond donors (Lipinski definition) is 0. The third kappa shape index (κ3) is 22.1. The maximum Gasteiger partial charge on any atom is 0.194 e. The molecule has 0 fully saturated rings. The van der Waals surface area contributed by atoms with Crippen molar-refractivity contribution in [2.24, 2.45) is 0 Å². The Morgan fingerprint density at radius 1 is 0.309 bits per heavy atom. The molecule has 12 aromatic carbocycles. The largest absolute Gasteiger partial charge is 0.291 e. The van der Waals surface area contributed by atoms with Crippen molar-refractivity contribution in [2.75, 3.05) is 0 Å². The summed E-state index contributed by atoms with van der Waals surface area (Å²) >= 11 is 37.0. The first-order valence-electron chi connectivity index (χ1n) is 45.5. The van der Waals surface area contributed by atoms with Crippen molar-refractivity contribution in [1.29, 1.82) is 0 Å². The molecule has 0 N–H and O–H groups in total. The molecule has 4 aliphatic carbocycles. The molecule has 4 heterocycles. The van der Waals surface area contributed by atoms with Crippen LogP contribution in [0.15, 0.2) is 251 Å². The summed E-state index contributed by atoms with van der Waals surface area (Å²) in [6, 6.07) is 64.9. The minimum atomic E-state index is -1.54. The van der Waals surface area contributed by atoms with E-state index in [0.29, 0.717) is 61.2 Å². The molecule has 0 amide bonds. The smallest absolute Gasteiger partial charge is 0.194 e. The third-order valence-electron chi connectivity index (χ3n) is 25.8. The predicted molar refractivity (Wildman–Crippen MR) is 542 cm³/mol. The third-order valence-corrected chi connectivity index (χ3v) is 31.8. The second kappa shape index (κ2) is 44.1. The van der Waals surface area contributed by atoms with Gasteiger partial charge in [0.25, 0.3) is 0 Å². The molecular formula is C111H92Cl5F10N9S4. The maximum atomic E-state index is 14.6. The van der Waals surface area contributed by atoms with Crippen molar-refractivity contribution in [3.8, 4) is 22.7 Å². The fraction of sp³-hybridized carbons (Fsp3) is 0.234. The molecule has 28 heteroatoms. The van der Waals surface area contributed by atoms with Gasteiger partial charge in [0, 0.05) is 118 Å². The van der Waals surface area contributed by atoms with Crippen LogP contribution in [-0.4, -0.2) is 38.2 Å². The van der Waals surface area contributed by atoms with E-state index < -0.39 is 29.1 Å². The van der Waals surface area contributed by atoms with E-state index in [1.165, 1.54) is 125 Å². The molecule has 16 aromatic rings. The van der Waals surface area contributed by atoms with Crippen LogP contribution in [0.1, 0.15) is 198 Å². The number of aryl methyl sites for hydroxylation is 10. The van der Waals surface area contributed by atoms with Crippen LogP contribution in [0.5, 0.6) is 0 Å². The van der Waals surface area contributed by atoms with E-state index in [4.69, 9.17) is 84.5 Å². The Morgan fingerprint density at radius 3 is 0.986 bits per heavy atom. The quantitative estimate of drug-likeness (QED) is 0.0323. The van der Waals surface area contributed by atoms with Crippen LogP contribution in [0.2, 0.25) is 25.1 Å². The Bertz CT molecular complexity index is 7260. The summed E-state index contributed by atoms with van der Waals surface area (Å²) in [5, 5.41) is 5.88. The molecule has 0 radical (unpaired) electrons. The highest BCUT2D eigenvalue weighted by molar-refractivity contribution is 7.99. The average molecular weight is 2050 g/mol. The van der Waals surface area contributed by atoms with Gasteiger partial charge in [-0.2, -0.15) is 0 Å². The number of halogens is 15. The predicted octanol–water partition coefficient (Wildman–Crippen LogP) is 33.6. The van der Waals surface area contributed by atoms with Crippen LogP contribution in [-0.2, 0) is 48.7 Å². The number of thioether (sulfide) groups is 4. The fourth-order valence-corrected chi connectivity index (χ4v) is 23.8. The summed E-state index contributed by atoms with van der Waals surface area (Å²) in [5.74, 6) is -4.61. The van der Waals surface area contributed by atoms with Gasteiger partial charge in [0.05, 0.1) is 57.8 Å². The van der Waals surface area contributed by atoms with Crippen molar-refractivity contribution in [2.45, 2.75) is 186 Å². The number of nitrogens with zero attached hydrogens (tertiary/aromatic N) is 9. The maximum absolute atomic E-state index is 14.6. The first kappa shape index (κ1) is 99.7. The molecule has 20 rings (SSSR count). The SMILES string of the molecule is Cc1cc(C2CCCc3nc(SCc4c(C)cccc4F)n(-c4ccc(F)cc4)c32)ccc1Cl.Cc1cc(C2CCCc3nc(SCc4c(F)cccc4Cl)n(-c4cc(F)c(F)c(F)c4)c32)ccc1Cl.Cc1ccc(F)c(CSc2nc3c(n2-c2ccc(F)cc2)C(c2ccc(Cl)c(C)c2)CCC3)c1.[C-]#[N+]c1cccc(F)c1CSc1nc2c(n1-c1ccc(F)cc1)C(c1ccc(Cl)c(C)c1)CCC2. The molecule has 4 atom stereocenters. The van der Waals surface area contributed by atoms with E-state index in [0.717, 1.165) is 215 Å². The van der Waals surface area contributed by atoms with Crippen LogP contribution in [0, 0.1) is 106 Å². The van der Waals surface area contributed by atoms with Gasteiger partial charge in [-0.25, -0.2) is 68.7 Å². The number of benzene rings is 12. The van der Waals surface area contributed by atoms with Crippen molar-refractivity contribution in [3.63, 3.8) is 0 Å². The van der Waals surface area contributed by atoms with Gasteiger partial charge in [-0.05, 0) is 302 Å². The van der Waals surface area contributed by atoms with Crippen LogP contribution in [0.4, 0.5) is 49.6 Å². The molecule has 710 valence electrons. The molecule has 4 aliphatic rings. The Kier molecular flexibility index (Phi) is 31.6. The standard InChI is InChI=1S/C28H22ClF2N3S.2C28H25ClF2N2S.C27H20Cl2F4N2S/c1-17-15-18(9-14-23(17)29)21-5-3-8-26-27(21)34(20-12-10-19(30)11-13-20)28(33-26)35-16-22-24(31)6-4-7-25(22)32-2;1-17-5-3-7-25(31)23(17)16-34-28-32-26-8-4-6-22(19-9-14-24(29)18(2)15-19)27(26)33(28)21-12-10-20(30)11-13-21;1-17-6-13-25(31)20(14-17)16-34-28-32-26-5-3-4-23(19-7-12-24(29)18(2)15-19)27(26)33(28)22-10-8-21(30)9-11-22;1-14-10-15(8-9-19(14)28)17-4-2-7-24-26(17)35(16-11-22(31)25(33)23(32)12-16)27(34-24)36-13-18-20(29)5-3-6-21(18)30/h4,6-7,9-15,21H,3,5,8,16H2,1H3;3,5,7,9-15,22H,4,6,8,16H2,1-2H3;6-15,23H,3-5,16H2,1-2H3;3,5-6,8-12,17H,2,4,7,13H2,1H3. The van der Waals surface area contributed by atoms with E-state index in [1.807, 2.05) is 90.1 Å². The molecule has 4 unspecified atom stereocenters. The van der Waals surface area contributed by atoms with E-state index in [2.05, 4.69) is 54.9 Å². The highest BCUT2D eigenvalue weighted by Crippen LogP contribution is 2.49. The van der Waals surface area contributed by atoms with Crippen molar-refractivity contribution < 1.29 is 43.9 Å². The molecule has 4 aromatic heterocycles. The summed E-state index contributed by atoms with van der Waals surface area (Å²) in [6.07, 6.45) is 11.0. The van der Waals surface area contributed by atoms with Crippen LogP contribution < -0.4 is 0 Å². The summed E-state index contributed by atoms with van der Waals surface area (Å²) < 4.78 is 150. The van der Waals surface area contributed by atoms with E-state index in [1.54, 1.807) is 71.3 Å². The minimum absolute atomic E-state index is 0.105. The summed E-state index contributed by atoms with van der Waals surface area (Å²) in [6.45, 7) is 19.2. The molecule has 0 aliphatic heterocycles. The lowest BCUT2D eigenvalue weighted by atomic mass is 9.83. The molecule has 139 heavy (non-hydrogen) atoms. The van der Waals surface area contributed by atoms with Gasteiger partial charge in [-0.1, -0.05) is 202 Å². The van der Waals surface area contributed by atoms with Crippen molar-refractivity contribution in [3.05, 3.63) is 449 Å². The Hall–Kier alpha value is -10.9. The summed E-state index contributed by atoms with van der Waals surface area (Å²) in [4.78, 5) is 23.3. The molecule has 0 bridgehead atoms. The highest BCUT2D eigenvalue weighted by atomic mass is 35.5. The second-order valence-corrected chi connectivity index (χ2v) is 40.9. The number of aromatic nitrogens is 8. The first-order valence-corrected chi connectivity index (χ1v) is 51.4. The molecule has 0 spiro atoms. The van der Waals surface area contributed by atoms with E-state index in [9.17, 15) is 43.9 Å². The van der Waals surface area contributed by atoms with Crippen LogP contribution in [0.3, 0.4) is 0 Å². The lowest BCUT2D eigenvalue weighted by Gasteiger charge is -2.26. The monoisotopic (exact) mass is 2040 g/mol. The van der Waals surface area contributed by atoms with E-state index in [-0.39, 0.29) is 75.0 Å². The average Bonchev–Trinajstić information content (AvgIpc) is 1.62. The number of fused-ring (bicyclic) bond motifs is 4. The zero-order valence-corrected chi connectivity index (χ0v) is 83.4. The van der Waals surface area contributed by atoms with Gasteiger partial charge in [-0.3, -0.25) is 18.3 Å². The minimum Gasteiger partial charge on any atom is -0.291 e. The lowest BCUT2D eigenvalue weighted by Crippen LogP contribution is -2.16. The van der Waals surface area contributed by atoms with Gasteiger partial charge in [0.15, 0.2) is 43.8 Å². The number of imidazole rings is 4. The van der Waals surface area contributed by atoms with Crippen LogP contribution >= 0.6 is 105 Å². The van der Waals surface area contributed by atoms with Gasteiger partial charge in [0.2, 0.25) is 0 Å². The first-order chi connectivity index (χ1) is 67.0. The van der Waals surface area contributed by atoms with Gasteiger partial charge >= 0.3 is 0 Å². The van der Waals surface area contributed by atoms with Gasteiger partial charge in [-0.15, -0.1) is 0 Å². The Labute approximate surface area is 843 Å². The highest BCUT2D eigenvalue weighted by Gasteiger charge is 2.37. The topological polar surface area (TPSA) is 75.6 Å². The van der Waals surface area contributed by atoms with E-state index >= 15 is 0 Å². The van der Waals surface area contributed by atoms with Crippen molar-refractivity contribution >= 4 is 111 Å². The lowest BCUT2D eigenvalue weighted by molar-refractivity contribution is 0.445. The summed E-state index contributed by atoms with van der Waals surface area (Å²) in [5.41, 5.74) is 23.5. The second-order valence-electron chi connectivity index (χ2n) is 35.0. The Morgan fingerprint density at radius 2 is 0.633 bits per heavy atom. The van der Waals surface area contributed by atoms with Crippen LogP contribution in [0.25, 0.3) is 27.6 Å². The normalized spacial score (nSPS) is 15.3. The zero-order valence-electron chi connectivity index (χ0n) is 76.4.